The molecule has 356 valence electrons. The molecule has 0 aromatic heterocycles. The van der Waals surface area contributed by atoms with E-state index in [4.69, 9.17) is 0 Å². The molecule has 0 radical (unpaired) electrons. The van der Waals surface area contributed by atoms with Crippen LogP contribution in [-0.2, 0) is 29.6 Å². The number of nitrogens with one attached hydrogen (secondary N) is 2. The molecule has 4 N–H and O–H groups in total. The maximum absolute atomic E-state index is 12.8. The van der Waals surface area contributed by atoms with Gasteiger partial charge in [-0.1, -0.05) is 63.8 Å². The maximum atomic E-state index is 12.8. The summed E-state index contributed by atoms with van der Waals surface area (Å²) in [4.78, 5) is 23.6. The number of hydrogen-bond donors (Lipinski definition) is 4. The first-order valence-corrected chi connectivity index (χ1v) is 25.2. The predicted octanol–water partition coefficient (Wildman–Crippen LogP) is 5.27. The number of sulfonamides is 2. The van der Waals surface area contributed by atoms with Crippen LogP contribution in [0.25, 0.3) is 0 Å². The summed E-state index contributed by atoms with van der Waals surface area (Å²) in [6, 6.07) is 13.7. The quantitative estimate of drug-likeness (QED) is 0.0582. The van der Waals surface area contributed by atoms with Gasteiger partial charge in [-0.05, 0) is 152 Å². The Morgan fingerprint density at radius 3 is 1.15 bits per heavy atom. The van der Waals surface area contributed by atoms with Crippen LogP contribution in [0.3, 0.4) is 0 Å². The van der Waals surface area contributed by atoms with Crippen LogP contribution in [0.1, 0.15) is 128 Å². The van der Waals surface area contributed by atoms with Crippen molar-refractivity contribution >= 4 is 43.4 Å². The molecule has 4 unspecified atom stereocenters. The van der Waals surface area contributed by atoms with Gasteiger partial charge in [-0.25, -0.2) is 25.6 Å². The van der Waals surface area contributed by atoms with Gasteiger partial charge in [0.1, 0.15) is 0 Å². The van der Waals surface area contributed by atoms with E-state index in [2.05, 4.69) is 33.1 Å². The van der Waals surface area contributed by atoms with Gasteiger partial charge < -0.3 is 39.8 Å². The van der Waals surface area contributed by atoms with Gasteiger partial charge in [-0.15, -0.1) is 0 Å². The van der Waals surface area contributed by atoms with E-state index in [-0.39, 0.29) is 0 Å². The number of unbranched alkanes of at least 4 members (excludes halogenated alkanes) is 4. The molecule has 0 fully saturated rings. The van der Waals surface area contributed by atoms with Gasteiger partial charge in [-0.3, -0.25) is 9.44 Å². The molecule has 18 heteroatoms. The second-order valence-corrected chi connectivity index (χ2v) is 18.9. The number of carboxylic acids is 2. The van der Waals surface area contributed by atoms with E-state index in [0.717, 1.165) is 114 Å². The average molecular weight is 919 g/mol. The summed E-state index contributed by atoms with van der Waals surface area (Å²) < 4.78 is 75.2. The van der Waals surface area contributed by atoms with Crippen LogP contribution >= 0.6 is 0 Å². The van der Waals surface area contributed by atoms with Crippen LogP contribution in [-0.4, -0.2) is 113 Å². The molecule has 0 aliphatic heterocycles. The van der Waals surface area contributed by atoms with E-state index in [1.54, 1.807) is 62.4 Å². The number of carbonyl (C=O) groups is 2. The van der Waals surface area contributed by atoms with Crippen molar-refractivity contribution in [1.82, 2.24) is 9.80 Å². The minimum Gasteiger partial charge on any atom is -0.545 e. The summed E-state index contributed by atoms with van der Waals surface area (Å²) in [6.45, 7) is 13.3. The number of hydrogen-bond acceptors (Lipinski definition) is 12. The molecule has 2 aromatic carbocycles. The Labute approximate surface area is 369 Å². The lowest BCUT2D eigenvalue weighted by Crippen LogP contribution is -2.26. The van der Waals surface area contributed by atoms with Crippen LogP contribution < -0.4 is 19.7 Å². The summed E-state index contributed by atoms with van der Waals surface area (Å²) >= 11 is 0. The molecule has 0 bridgehead atoms. The summed E-state index contributed by atoms with van der Waals surface area (Å²) in [5.41, 5.74) is 2.57. The lowest BCUT2D eigenvalue weighted by molar-refractivity contribution is -0.301. The molecule has 2 aromatic rings. The normalized spacial score (nSPS) is 13.7. The van der Waals surface area contributed by atoms with Crippen LogP contribution in [0, 0.1) is 0 Å². The third-order valence-electron chi connectivity index (χ3n) is 9.50. The first-order valence-electron chi connectivity index (χ1n) is 21.4. The highest BCUT2D eigenvalue weighted by molar-refractivity contribution is 7.92. The van der Waals surface area contributed by atoms with Crippen molar-refractivity contribution in [3.63, 3.8) is 0 Å². The molecular formula is C44H72F2N4O10S2-2. The van der Waals surface area contributed by atoms with Crippen LogP contribution in [0.4, 0.5) is 20.2 Å². The number of carbonyl (C=O) groups excluding carboxylic acids is 2. The minimum atomic E-state index is -3.29. The highest BCUT2D eigenvalue weighted by Gasteiger charge is 2.12. The number of carboxylic acid groups (broad SMARTS) is 2. The Balaban J connectivity index is 0.00000102. The van der Waals surface area contributed by atoms with E-state index in [9.17, 15) is 55.6 Å². The lowest BCUT2D eigenvalue weighted by atomic mass is 10.0. The van der Waals surface area contributed by atoms with Crippen molar-refractivity contribution in [2.24, 2.45) is 0 Å². The molecule has 0 saturated carbocycles. The number of aliphatic hydroxyl groups is 2. The zero-order valence-electron chi connectivity index (χ0n) is 37.4. The number of nitrogens with zero attached hydrogens (tertiary/aromatic N) is 2. The minimum absolute atomic E-state index is 0.384. The van der Waals surface area contributed by atoms with Crippen molar-refractivity contribution in [3.05, 3.63) is 71.8 Å². The largest absolute Gasteiger partial charge is 0.545 e. The Hall–Kier alpha value is -3.68. The predicted molar refractivity (Wildman–Crippen MR) is 240 cm³/mol. The second-order valence-electron chi connectivity index (χ2n) is 15.4. The highest BCUT2D eigenvalue weighted by Crippen LogP contribution is 2.22. The highest BCUT2D eigenvalue weighted by atomic mass is 32.2. The van der Waals surface area contributed by atoms with Crippen molar-refractivity contribution in [2.75, 3.05) is 61.2 Å². The van der Waals surface area contributed by atoms with E-state index in [1.807, 2.05) is 0 Å². The summed E-state index contributed by atoms with van der Waals surface area (Å²) in [5.74, 6) is -3.09. The van der Waals surface area contributed by atoms with Crippen LogP contribution in [0.15, 0.2) is 60.7 Å². The molecule has 4 atom stereocenters. The first-order chi connectivity index (χ1) is 29.0. The molecule has 62 heavy (non-hydrogen) atoms. The number of benzene rings is 2. The molecule has 0 saturated heterocycles. The molecule has 0 heterocycles. The number of alkyl halides is 2. The van der Waals surface area contributed by atoms with E-state index in [1.165, 1.54) is 0 Å². The fourth-order valence-corrected chi connectivity index (χ4v) is 7.32. The van der Waals surface area contributed by atoms with Gasteiger partial charge in [0.15, 0.2) is 0 Å². The third-order valence-corrected chi connectivity index (χ3v) is 10.7. The Morgan fingerprint density at radius 1 is 0.581 bits per heavy atom. The lowest BCUT2D eigenvalue weighted by Gasteiger charge is -2.21. The van der Waals surface area contributed by atoms with Gasteiger partial charge in [0.2, 0.25) is 20.0 Å². The molecule has 0 amide bonds. The SMILES string of the molecule is CCN(CCCCCC(C)F)CCCC(O)c1ccc(NS(C)(=O)=O)cc1.CCN(CCCCCC(C)F)CCCC(O)c1ccc(NS(C)(=O)=O)cc1.O=C([O-])/C=C/C(=O)[O-]. The molecule has 2 rings (SSSR count). The first kappa shape index (κ1) is 58.3. The third kappa shape index (κ3) is 33.9. The number of anilines is 2. The zero-order chi connectivity index (χ0) is 47.1. The van der Waals surface area contributed by atoms with Gasteiger partial charge in [0.05, 0.1) is 49.0 Å². The summed E-state index contributed by atoms with van der Waals surface area (Å²) in [6.07, 6.45) is 11.0. The Morgan fingerprint density at radius 2 is 0.887 bits per heavy atom. The average Bonchev–Trinajstić information content (AvgIpc) is 3.18. The zero-order valence-corrected chi connectivity index (χ0v) is 39.1. The molecule has 0 aliphatic rings. The van der Waals surface area contributed by atoms with Crippen molar-refractivity contribution in [2.45, 2.75) is 129 Å². The van der Waals surface area contributed by atoms with Crippen LogP contribution in [0.5, 0.6) is 0 Å². The molecule has 0 aliphatic carbocycles. The van der Waals surface area contributed by atoms with E-state index < -0.39 is 56.5 Å². The number of aliphatic hydroxyl groups excluding tert-OH is 2. The maximum Gasteiger partial charge on any atom is 0.229 e. The fourth-order valence-electron chi connectivity index (χ4n) is 6.19. The summed E-state index contributed by atoms with van der Waals surface area (Å²) in [5, 5.41) is 39.5. The number of rotatable bonds is 30. The Bertz CT molecular complexity index is 1620. The van der Waals surface area contributed by atoms with Gasteiger partial charge in [-0.2, -0.15) is 0 Å². The monoisotopic (exact) mass is 918 g/mol. The number of aliphatic carboxylic acids is 2. The number of halogens is 2. The van der Waals surface area contributed by atoms with Crippen LogP contribution in [0.2, 0.25) is 0 Å². The molecular weight excluding hydrogens is 847 g/mol. The van der Waals surface area contributed by atoms with Crippen molar-refractivity contribution < 1.29 is 55.6 Å². The summed E-state index contributed by atoms with van der Waals surface area (Å²) in [7, 11) is -6.58. The van der Waals surface area contributed by atoms with Gasteiger partial charge in [0, 0.05) is 11.4 Å². The van der Waals surface area contributed by atoms with Crippen molar-refractivity contribution in [3.8, 4) is 0 Å². The molecule has 0 spiro atoms. The van der Waals surface area contributed by atoms with E-state index >= 15 is 0 Å². The topological polar surface area (TPSA) is 220 Å². The van der Waals surface area contributed by atoms with Gasteiger partial charge in [0.25, 0.3) is 0 Å². The van der Waals surface area contributed by atoms with Crippen molar-refractivity contribution in [1.29, 1.82) is 0 Å². The fraction of sp³-hybridized carbons (Fsp3) is 0.636. The van der Waals surface area contributed by atoms with Gasteiger partial charge >= 0.3 is 0 Å². The standard InChI is InChI=1S/2C20H35FN2O3S.C4H4O4/c2*1-4-23(15-7-5-6-9-17(2)21)16-8-10-20(24)18-11-13-19(14-12-18)22-27(3,25)26;5-3(6)1-2-4(7)8/h2*11-14,17,20,22,24H,4-10,15-16H2,1-3H3;1-2H,(H,5,6)(H,7,8)/p-2/b;;2-1+. The molecule has 14 nitrogen and oxygen atoms in total. The second kappa shape index (κ2) is 32.9. The Kier molecular flexibility index (Phi) is 31.0. The smallest absolute Gasteiger partial charge is 0.229 e. The van der Waals surface area contributed by atoms with E-state index in [0.29, 0.717) is 49.2 Å².